The van der Waals surface area contributed by atoms with Gasteiger partial charge in [-0.1, -0.05) is 18.2 Å². The lowest BCUT2D eigenvalue weighted by Crippen LogP contribution is -2.29. The van der Waals surface area contributed by atoms with Gasteiger partial charge in [0, 0.05) is 12.1 Å². The van der Waals surface area contributed by atoms with Crippen molar-refractivity contribution in [2.24, 2.45) is 0 Å². The van der Waals surface area contributed by atoms with Crippen molar-refractivity contribution in [1.82, 2.24) is 5.32 Å². The number of hydrogen-bond donors (Lipinski definition) is 1. The number of carbonyl (C=O) groups is 1. The van der Waals surface area contributed by atoms with Gasteiger partial charge in [-0.05, 0) is 30.3 Å². The lowest BCUT2D eigenvalue weighted by molar-refractivity contribution is 0.0955. The molecule has 2 rings (SSSR count). The predicted molar refractivity (Wildman–Crippen MR) is 83.8 cm³/mol. The summed E-state index contributed by atoms with van der Waals surface area (Å²) in [6.45, 7) is -0.0658. The second-order valence-electron chi connectivity index (χ2n) is 4.74. The molecule has 7 heteroatoms. The van der Waals surface area contributed by atoms with Crippen molar-refractivity contribution in [3.05, 3.63) is 59.9 Å². The van der Waals surface area contributed by atoms with Crippen LogP contribution >= 0.6 is 0 Å². The van der Waals surface area contributed by atoms with Crippen LogP contribution in [0.15, 0.2) is 53.4 Å². The number of rotatable bonds is 6. The van der Waals surface area contributed by atoms with E-state index >= 15 is 0 Å². The van der Waals surface area contributed by atoms with Crippen LogP contribution in [0.1, 0.15) is 10.4 Å². The minimum atomic E-state index is -3.47. The van der Waals surface area contributed by atoms with Crippen molar-refractivity contribution < 1.29 is 22.3 Å². The van der Waals surface area contributed by atoms with Crippen LogP contribution in [0.5, 0.6) is 5.75 Å². The first-order valence-electron chi connectivity index (χ1n) is 6.83. The van der Waals surface area contributed by atoms with Gasteiger partial charge in [0.25, 0.3) is 5.91 Å². The normalized spacial score (nSPS) is 11.0. The average molecular weight is 337 g/mol. The van der Waals surface area contributed by atoms with E-state index in [1.54, 1.807) is 18.2 Å². The molecular formula is C16H16FNO4S. The third kappa shape index (κ3) is 4.29. The Kier molecular flexibility index (Phi) is 5.33. The SMILES string of the molecule is COc1ccc(C(=O)NCCS(=O)(=O)c2ccccc2)cc1F. The van der Waals surface area contributed by atoms with Crippen LogP contribution in [0.4, 0.5) is 4.39 Å². The van der Waals surface area contributed by atoms with Gasteiger partial charge in [-0.2, -0.15) is 0 Å². The fraction of sp³-hybridized carbons (Fsp3) is 0.188. The van der Waals surface area contributed by atoms with Crippen LogP contribution in [0, 0.1) is 5.82 Å². The molecule has 0 aliphatic carbocycles. The predicted octanol–water partition coefficient (Wildman–Crippen LogP) is 2.04. The summed E-state index contributed by atoms with van der Waals surface area (Å²) in [5.74, 6) is -1.40. The molecule has 0 atom stereocenters. The van der Waals surface area contributed by atoms with Gasteiger partial charge in [0.05, 0.1) is 17.8 Å². The number of hydrogen-bond acceptors (Lipinski definition) is 4. The summed E-state index contributed by atoms with van der Waals surface area (Å²) >= 11 is 0. The molecule has 0 saturated carbocycles. The number of sulfone groups is 1. The highest BCUT2D eigenvalue weighted by atomic mass is 32.2. The maximum absolute atomic E-state index is 13.5. The summed E-state index contributed by atoms with van der Waals surface area (Å²) in [5.41, 5.74) is 0.0976. The Labute approximate surface area is 134 Å². The second-order valence-corrected chi connectivity index (χ2v) is 6.85. The molecule has 1 N–H and O–H groups in total. The highest BCUT2D eigenvalue weighted by Gasteiger charge is 2.15. The van der Waals surface area contributed by atoms with E-state index in [-0.39, 0.29) is 28.5 Å². The van der Waals surface area contributed by atoms with E-state index in [9.17, 15) is 17.6 Å². The van der Waals surface area contributed by atoms with E-state index in [1.165, 1.54) is 31.4 Å². The third-order valence-corrected chi connectivity index (χ3v) is 4.90. The number of halogens is 1. The molecule has 0 fully saturated rings. The molecule has 0 bridgehead atoms. The van der Waals surface area contributed by atoms with Crippen molar-refractivity contribution in [1.29, 1.82) is 0 Å². The van der Waals surface area contributed by atoms with Gasteiger partial charge in [0.1, 0.15) is 0 Å². The van der Waals surface area contributed by atoms with E-state index in [2.05, 4.69) is 5.32 Å². The average Bonchev–Trinajstić information content (AvgIpc) is 2.55. The molecule has 0 heterocycles. The summed E-state index contributed by atoms with van der Waals surface area (Å²) in [6, 6.07) is 11.8. The number of methoxy groups -OCH3 is 1. The van der Waals surface area contributed by atoms with Gasteiger partial charge in [-0.15, -0.1) is 0 Å². The van der Waals surface area contributed by atoms with E-state index in [0.29, 0.717) is 0 Å². The lowest BCUT2D eigenvalue weighted by atomic mass is 10.2. The first kappa shape index (κ1) is 17.0. The zero-order valence-electron chi connectivity index (χ0n) is 12.5. The lowest BCUT2D eigenvalue weighted by Gasteiger charge is -2.08. The molecule has 0 radical (unpaired) electrons. The van der Waals surface area contributed by atoms with Crippen molar-refractivity contribution in [2.75, 3.05) is 19.4 Å². The highest BCUT2D eigenvalue weighted by Crippen LogP contribution is 2.17. The van der Waals surface area contributed by atoms with Crippen molar-refractivity contribution in [2.45, 2.75) is 4.90 Å². The Morgan fingerprint density at radius 2 is 1.87 bits per heavy atom. The molecule has 0 saturated heterocycles. The zero-order valence-corrected chi connectivity index (χ0v) is 13.3. The van der Waals surface area contributed by atoms with Crippen molar-refractivity contribution in [3.8, 4) is 5.75 Å². The molecule has 0 aliphatic rings. The van der Waals surface area contributed by atoms with Gasteiger partial charge < -0.3 is 10.1 Å². The van der Waals surface area contributed by atoms with Crippen molar-refractivity contribution >= 4 is 15.7 Å². The molecule has 2 aromatic rings. The van der Waals surface area contributed by atoms with Gasteiger partial charge in [0.15, 0.2) is 21.4 Å². The van der Waals surface area contributed by atoms with Gasteiger partial charge in [-0.3, -0.25) is 4.79 Å². The molecule has 5 nitrogen and oxygen atoms in total. The summed E-state index contributed by atoms with van der Waals surface area (Å²) < 4.78 is 42.4. The molecule has 23 heavy (non-hydrogen) atoms. The van der Waals surface area contributed by atoms with Crippen LogP contribution in [-0.2, 0) is 9.84 Å². The summed E-state index contributed by atoms with van der Waals surface area (Å²) in [4.78, 5) is 12.1. The first-order chi connectivity index (χ1) is 10.9. The van der Waals surface area contributed by atoms with Crippen LogP contribution in [-0.4, -0.2) is 33.7 Å². The molecule has 122 valence electrons. The Morgan fingerprint density at radius 3 is 2.48 bits per heavy atom. The van der Waals surface area contributed by atoms with Crippen LogP contribution in [0.2, 0.25) is 0 Å². The fourth-order valence-electron chi connectivity index (χ4n) is 1.95. The number of amides is 1. The summed E-state index contributed by atoms with van der Waals surface area (Å²) in [5, 5.41) is 2.46. The highest BCUT2D eigenvalue weighted by molar-refractivity contribution is 7.91. The number of nitrogens with one attached hydrogen (secondary N) is 1. The fourth-order valence-corrected chi connectivity index (χ4v) is 3.13. The van der Waals surface area contributed by atoms with Crippen LogP contribution < -0.4 is 10.1 Å². The molecular weight excluding hydrogens is 321 g/mol. The Bertz CT molecular complexity index is 791. The smallest absolute Gasteiger partial charge is 0.251 e. The standard InChI is InChI=1S/C16H16FNO4S/c1-22-15-8-7-12(11-14(15)17)16(19)18-9-10-23(20,21)13-5-3-2-4-6-13/h2-8,11H,9-10H2,1H3,(H,18,19). The molecule has 0 spiro atoms. The van der Waals surface area contributed by atoms with E-state index in [0.717, 1.165) is 6.07 Å². The first-order valence-corrected chi connectivity index (χ1v) is 8.49. The van der Waals surface area contributed by atoms with Gasteiger partial charge in [-0.25, -0.2) is 12.8 Å². The number of ether oxygens (including phenoxy) is 1. The van der Waals surface area contributed by atoms with Crippen molar-refractivity contribution in [3.63, 3.8) is 0 Å². The monoisotopic (exact) mass is 337 g/mol. The largest absolute Gasteiger partial charge is 0.494 e. The Hall–Kier alpha value is -2.41. The molecule has 1 amide bonds. The molecule has 0 aromatic heterocycles. The number of benzene rings is 2. The maximum atomic E-state index is 13.5. The van der Waals surface area contributed by atoms with E-state index in [1.807, 2.05) is 0 Å². The summed E-state index contributed by atoms with van der Waals surface area (Å²) in [7, 11) is -2.14. The quantitative estimate of drug-likeness (QED) is 0.875. The summed E-state index contributed by atoms with van der Waals surface area (Å²) in [6.07, 6.45) is 0. The molecule has 0 unspecified atom stereocenters. The third-order valence-electron chi connectivity index (χ3n) is 3.17. The molecule has 2 aromatic carbocycles. The minimum absolute atomic E-state index is 0.0354. The Morgan fingerprint density at radius 1 is 1.17 bits per heavy atom. The van der Waals surface area contributed by atoms with Crippen LogP contribution in [0.25, 0.3) is 0 Å². The minimum Gasteiger partial charge on any atom is -0.494 e. The van der Waals surface area contributed by atoms with Crippen LogP contribution in [0.3, 0.4) is 0 Å². The Balaban J connectivity index is 1.96. The van der Waals surface area contributed by atoms with Gasteiger partial charge in [0.2, 0.25) is 0 Å². The number of carbonyl (C=O) groups excluding carboxylic acids is 1. The second kappa shape index (κ2) is 7.23. The zero-order chi connectivity index (χ0) is 16.9. The van der Waals surface area contributed by atoms with E-state index < -0.39 is 21.6 Å². The topological polar surface area (TPSA) is 72.5 Å². The molecule has 0 aliphatic heterocycles. The van der Waals surface area contributed by atoms with E-state index in [4.69, 9.17) is 4.74 Å². The maximum Gasteiger partial charge on any atom is 0.251 e. The van der Waals surface area contributed by atoms with Gasteiger partial charge >= 0.3 is 0 Å².